The number of hydrogen-bond donors (Lipinski definition) is 1. The second-order valence-electron chi connectivity index (χ2n) is 7.37. The van der Waals surface area contributed by atoms with E-state index in [1.807, 2.05) is 37.2 Å². The molecule has 0 radical (unpaired) electrons. The first-order chi connectivity index (χ1) is 12.5. The van der Waals surface area contributed by atoms with Crippen molar-refractivity contribution in [3.63, 3.8) is 0 Å². The summed E-state index contributed by atoms with van der Waals surface area (Å²) < 4.78 is 13.2. The van der Waals surface area contributed by atoms with E-state index in [1.54, 1.807) is 12.1 Å². The summed E-state index contributed by atoms with van der Waals surface area (Å²) >= 11 is 0. The summed E-state index contributed by atoms with van der Waals surface area (Å²) in [6, 6.07) is 8.72. The van der Waals surface area contributed by atoms with Crippen molar-refractivity contribution in [2.45, 2.75) is 26.2 Å². The number of aryl methyl sites for hydroxylation is 1. The Balaban J connectivity index is 1.42. The first-order valence-corrected chi connectivity index (χ1v) is 9.39. The molecule has 1 aliphatic rings. The van der Waals surface area contributed by atoms with Gasteiger partial charge in [-0.15, -0.1) is 0 Å². The van der Waals surface area contributed by atoms with Crippen LogP contribution in [-0.2, 0) is 6.42 Å². The highest BCUT2D eigenvalue weighted by molar-refractivity contribution is 5.95. The van der Waals surface area contributed by atoms with Crippen molar-refractivity contribution < 1.29 is 9.18 Å². The monoisotopic (exact) mass is 357 g/mol. The lowest BCUT2D eigenvalue weighted by Crippen LogP contribution is -2.40. The van der Waals surface area contributed by atoms with Gasteiger partial charge in [-0.25, -0.2) is 4.39 Å². The number of benzene rings is 1. The van der Waals surface area contributed by atoms with Crippen molar-refractivity contribution in [3.05, 3.63) is 59.2 Å². The number of likely N-dealkylation sites (tertiary alicyclic amines) is 1. The molecule has 0 bridgehead atoms. The molecule has 1 N–H and O–H groups in total. The quantitative estimate of drug-likeness (QED) is 0.860. The summed E-state index contributed by atoms with van der Waals surface area (Å²) in [6.45, 7) is 5.79. The van der Waals surface area contributed by atoms with Crippen LogP contribution in [0.15, 0.2) is 36.5 Å². The molecule has 1 aliphatic heterocycles. The summed E-state index contributed by atoms with van der Waals surface area (Å²) in [7, 11) is 1.89. The van der Waals surface area contributed by atoms with Crippen LogP contribution in [-0.4, -0.2) is 53.9 Å². The average molecular weight is 357 g/mol. The fourth-order valence-electron chi connectivity index (χ4n) is 3.73. The number of amides is 1. The molecule has 1 aromatic heterocycles. The molecule has 0 unspecified atom stereocenters. The summed E-state index contributed by atoms with van der Waals surface area (Å²) in [5.74, 6) is 0.484. The molecule has 26 heavy (non-hydrogen) atoms. The van der Waals surface area contributed by atoms with E-state index in [4.69, 9.17) is 0 Å². The number of aromatic nitrogens is 1. The lowest BCUT2D eigenvalue weighted by atomic mass is 9.95. The van der Waals surface area contributed by atoms with E-state index < -0.39 is 0 Å². The Morgan fingerprint density at radius 3 is 2.73 bits per heavy atom. The van der Waals surface area contributed by atoms with E-state index >= 15 is 0 Å². The predicted octanol–water partition coefficient (Wildman–Crippen LogP) is 3.49. The SMILES string of the molecule is Cc1[nH]ccc1C(=O)N(C)CC1CCN(CCc2cccc(F)c2)CC1. The van der Waals surface area contributed by atoms with Gasteiger partial charge in [-0.2, -0.15) is 0 Å². The average Bonchev–Trinajstić information content (AvgIpc) is 3.06. The molecule has 1 fully saturated rings. The molecule has 1 saturated heterocycles. The van der Waals surface area contributed by atoms with Gasteiger partial charge in [-0.3, -0.25) is 4.79 Å². The maximum Gasteiger partial charge on any atom is 0.255 e. The molecule has 3 rings (SSSR count). The molecule has 2 aromatic rings. The van der Waals surface area contributed by atoms with E-state index in [0.717, 1.165) is 62.3 Å². The number of piperidine rings is 1. The second-order valence-corrected chi connectivity index (χ2v) is 7.37. The highest BCUT2D eigenvalue weighted by Crippen LogP contribution is 2.20. The number of carbonyl (C=O) groups is 1. The predicted molar refractivity (Wildman–Crippen MR) is 102 cm³/mol. The number of halogens is 1. The van der Waals surface area contributed by atoms with E-state index in [0.29, 0.717) is 5.92 Å². The second kappa shape index (κ2) is 8.49. The standard InChI is InChI=1S/C21H28FN3O/c1-16-20(6-10-23-16)21(26)24(2)15-18-8-12-25(13-9-18)11-7-17-4-3-5-19(22)14-17/h3-6,10,14,18,23H,7-9,11-13,15H2,1-2H3. The number of aromatic amines is 1. The number of carbonyl (C=O) groups excluding carboxylic acids is 1. The van der Waals surface area contributed by atoms with Crippen molar-refractivity contribution in [1.82, 2.24) is 14.8 Å². The van der Waals surface area contributed by atoms with Crippen molar-refractivity contribution in [2.75, 3.05) is 33.2 Å². The minimum absolute atomic E-state index is 0.0947. The molecule has 0 spiro atoms. The Bertz CT molecular complexity index is 734. The Morgan fingerprint density at radius 1 is 1.31 bits per heavy atom. The van der Waals surface area contributed by atoms with Crippen LogP contribution < -0.4 is 0 Å². The lowest BCUT2D eigenvalue weighted by molar-refractivity contribution is 0.0740. The van der Waals surface area contributed by atoms with E-state index in [9.17, 15) is 9.18 Å². The van der Waals surface area contributed by atoms with Crippen LogP contribution in [0.1, 0.15) is 34.5 Å². The summed E-state index contributed by atoms with van der Waals surface area (Å²) in [6.07, 6.45) is 4.90. The van der Waals surface area contributed by atoms with Gasteiger partial charge in [0.05, 0.1) is 5.56 Å². The zero-order valence-electron chi connectivity index (χ0n) is 15.7. The van der Waals surface area contributed by atoms with Crippen molar-refractivity contribution >= 4 is 5.91 Å². The molecule has 0 atom stereocenters. The van der Waals surface area contributed by atoms with Crippen LogP contribution in [0, 0.1) is 18.7 Å². The smallest absolute Gasteiger partial charge is 0.255 e. The van der Waals surface area contributed by atoms with Gasteiger partial charge >= 0.3 is 0 Å². The van der Waals surface area contributed by atoms with Gasteiger partial charge in [0, 0.05) is 32.0 Å². The Kier molecular flexibility index (Phi) is 6.09. The lowest BCUT2D eigenvalue weighted by Gasteiger charge is -2.34. The summed E-state index contributed by atoms with van der Waals surface area (Å²) in [4.78, 5) is 19.9. The molecule has 1 aromatic carbocycles. The van der Waals surface area contributed by atoms with E-state index in [2.05, 4.69) is 9.88 Å². The van der Waals surface area contributed by atoms with E-state index in [-0.39, 0.29) is 11.7 Å². The van der Waals surface area contributed by atoms with Gasteiger partial charge < -0.3 is 14.8 Å². The third-order valence-electron chi connectivity index (χ3n) is 5.38. The van der Waals surface area contributed by atoms with E-state index in [1.165, 1.54) is 6.07 Å². The van der Waals surface area contributed by atoms with Gasteiger partial charge in [-0.1, -0.05) is 12.1 Å². The molecule has 5 heteroatoms. The molecule has 140 valence electrons. The Morgan fingerprint density at radius 2 is 2.08 bits per heavy atom. The topological polar surface area (TPSA) is 39.3 Å². The maximum absolute atomic E-state index is 13.2. The van der Waals surface area contributed by atoms with Crippen LogP contribution in [0.3, 0.4) is 0 Å². The van der Waals surface area contributed by atoms with Crippen molar-refractivity contribution in [2.24, 2.45) is 5.92 Å². The van der Waals surface area contributed by atoms with Crippen LogP contribution in [0.25, 0.3) is 0 Å². The van der Waals surface area contributed by atoms with Crippen molar-refractivity contribution in [3.8, 4) is 0 Å². The van der Waals surface area contributed by atoms with Gasteiger partial charge in [0.15, 0.2) is 0 Å². The number of rotatable bonds is 6. The molecular weight excluding hydrogens is 329 g/mol. The van der Waals surface area contributed by atoms with Gasteiger partial charge in [0.1, 0.15) is 5.82 Å². The largest absolute Gasteiger partial charge is 0.365 e. The fourth-order valence-corrected chi connectivity index (χ4v) is 3.73. The normalized spacial score (nSPS) is 16.0. The molecule has 0 aliphatic carbocycles. The number of H-pyrrole nitrogens is 1. The first-order valence-electron chi connectivity index (χ1n) is 9.39. The fraction of sp³-hybridized carbons (Fsp3) is 0.476. The molecule has 4 nitrogen and oxygen atoms in total. The third kappa shape index (κ3) is 4.73. The minimum Gasteiger partial charge on any atom is -0.365 e. The van der Waals surface area contributed by atoms with Gasteiger partial charge in [0.25, 0.3) is 5.91 Å². The highest BCUT2D eigenvalue weighted by atomic mass is 19.1. The van der Waals surface area contributed by atoms with Gasteiger partial charge in [-0.05, 0) is 69.0 Å². The molecule has 1 amide bonds. The zero-order valence-corrected chi connectivity index (χ0v) is 15.7. The molecular formula is C21H28FN3O. The van der Waals surface area contributed by atoms with Crippen LogP contribution in [0.4, 0.5) is 4.39 Å². The maximum atomic E-state index is 13.2. The Hall–Kier alpha value is -2.14. The minimum atomic E-state index is -0.161. The molecule has 2 heterocycles. The summed E-state index contributed by atoms with van der Waals surface area (Å²) in [5.41, 5.74) is 2.74. The van der Waals surface area contributed by atoms with Crippen molar-refractivity contribution in [1.29, 1.82) is 0 Å². The zero-order chi connectivity index (χ0) is 18.5. The van der Waals surface area contributed by atoms with Crippen LogP contribution in [0.2, 0.25) is 0 Å². The third-order valence-corrected chi connectivity index (χ3v) is 5.38. The summed E-state index contributed by atoms with van der Waals surface area (Å²) in [5, 5.41) is 0. The first kappa shape index (κ1) is 18.6. The highest BCUT2D eigenvalue weighted by Gasteiger charge is 2.23. The number of hydrogen-bond acceptors (Lipinski definition) is 2. The number of nitrogens with zero attached hydrogens (tertiary/aromatic N) is 2. The van der Waals surface area contributed by atoms with Crippen LogP contribution in [0.5, 0.6) is 0 Å². The van der Waals surface area contributed by atoms with Gasteiger partial charge in [0.2, 0.25) is 0 Å². The Labute approximate surface area is 155 Å². The van der Waals surface area contributed by atoms with Crippen LogP contribution >= 0.6 is 0 Å². The molecule has 0 saturated carbocycles. The number of nitrogens with one attached hydrogen (secondary N) is 1.